The van der Waals surface area contributed by atoms with Gasteiger partial charge in [-0.2, -0.15) is 0 Å². The van der Waals surface area contributed by atoms with Crippen LogP contribution in [0.3, 0.4) is 0 Å². The predicted molar refractivity (Wildman–Crippen MR) is 164 cm³/mol. The molecule has 5 rings (SSSR count). The minimum atomic E-state index is -1.65. The molecule has 1 fully saturated rings. The molecule has 0 unspecified atom stereocenters. The van der Waals surface area contributed by atoms with Crippen LogP contribution in [0.4, 0.5) is 9.59 Å². The van der Waals surface area contributed by atoms with Crippen LogP contribution < -0.4 is 4.74 Å². The maximum absolute atomic E-state index is 13.5. The number of ketones is 1. The molecule has 12 heteroatoms. The lowest BCUT2D eigenvalue weighted by molar-refractivity contribution is -0.132. The molecule has 2 aliphatic heterocycles. The van der Waals surface area contributed by atoms with Crippen LogP contribution in [-0.2, 0) is 46.4 Å². The van der Waals surface area contributed by atoms with Gasteiger partial charge >= 0.3 is 18.3 Å². The summed E-state index contributed by atoms with van der Waals surface area (Å²) in [5.41, 5.74) is 1.55. The molecule has 5 atom stereocenters. The summed E-state index contributed by atoms with van der Waals surface area (Å²) in [4.78, 5) is 52.5. The lowest BCUT2D eigenvalue weighted by atomic mass is 9.96. The molecule has 0 amide bonds. The Morgan fingerprint density at radius 2 is 1.51 bits per heavy atom. The predicted octanol–water partition coefficient (Wildman–Crippen LogP) is 5.75. The summed E-state index contributed by atoms with van der Waals surface area (Å²) >= 11 is 0. The number of ether oxygens (including phenoxy) is 7. The molecule has 3 aromatic carbocycles. The van der Waals surface area contributed by atoms with Crippen LogP contribution >= 0.6 is 0 Å². The van der Waals surface area contributed by atoms with E-state index in [1.807, 2.05) is 12.1 Å². The SMILES string of the molecule is COc1cc(O)c2c(c1)[C@H]1O[C@@H]1C[C@H](OC(=O)OCc1ccccc1)[C@H](OC(=O)OCc1ccccc1)C(=O)/C=C\C[C@H](C)OC2=O. The number of phenolic OH excluding ortho intramolecular Hbond substituents is 1. The van der Waals surface area contributed by atoms with E-state index in [1.165, 1.54) is 25.3 Å². The van der Waals surface area contributed by atoms with E-state index in [4.69, 9.17) is 33.2 Å². The van der Waals surface area contributed by atoms with Crippen LogP contribution in [0.2, 0.25) is 0 Å². The van der Waals surface area contributed by atoms with E-state index in [9.17, 15) is 24.3 Å². The van der Waals surface area contributed by atoms with E-state index in [1.54, 1.807) is 55.5 Å². The number of cyclic esters (lactones) is 1. The van der Waals surface area contributed by atoms with Crippen molar-refractivity contribution in [2.45, 2.75) is 63.5 Å². The Labute approximate surface area is 270 Å². The molecule has 2 aliphatic rings. The van der Waals surface area contributed by atoms with Crippen molar-refractivity contribution in [2.75, 3.05) is 7.11 Å². The summed E-state index contributed by atoms with van der Waals surface area (Å²) in [5, 5.41) is 10.7. The van der Waals surface area contributed by atoms with Gasteiger partial charge in [-0.3, -0.25) is 4.79 Å². The first-order chi connectivity index (χ1) is 22.7. The van der Waals surface area contributed by atoms with Crippen molar-refractivity contribution in [3.8, 4) is 11.5 Å². The van der Waals surface area contributed by atoms with Crippen molar-refractivity contribution in [3.63, 3.8) is 0 Å². The standard InChI is InChI=1S/C35H34O12/c1-21-10-9-15-26(36)32(47-35(40)43-20-23-13-7-4-8-14-23)29(46-34(39)42-19-22-11-5-3-6-12-22)18-28-31(45-28)25-16-24(41-2)17-27(37)30(25)33(38)44-21/h3-9,11-17,21,28-29,31-32,37H,10,18-20H2,1-2H3/b15-9-/t21-,28+,29-,31+,32+/m0/s1. The zero-order chi connectivity index (χ0) is 33.3. The second kappa shape index (κ2) is 15.3. The van der Waals surface area contributed by atoms with Crippen molar-refractivity contribution in [2.24, 2.45) is 0 Å². The quantitative estimate of drug-likeness (QED) is 0.189. The lowest BCUT2D eigenvalue weighted by Crippen LogP contribution is -2.41. The van der Waals surface area contributed by atoms with Crippen LogP contribution in [0.25, 0.3) is 0 Å². The van der Waals surface area contributed by atoms with Crippen molar-refractivity contribution in [1.82, 2.24) is 0 Å². The van der Waals surface area contributed by atoms with Gasteiger partial charge in [-0.15, -0.1) is 0 Å². The van der Waals surface area contributed by atoms with E-state index in [0.717, 1.165) is 6.08 Å². The minimum absolute atomic E-state index is 0.0993. The summed E-state index contributed by atoms with van der Waals surface area (Å²) in [6.07, 6.45) is -5.05. The van der Waals surface area contributed by atoms with E-state index < -0.39 is 54.6 Å². The third kappa shape index (κ3) is 8.88. The molecular weight excluding hydrogens is 612 g/mol. The fraction of sp³-hybridized carbons (Fsp3) is 0.314. The zero-order valence-corrected chi connectivity index (χ0v) is 25.7. The van der Waals surface area contributed by atoms with Gasteiger partial charge in [0.1, 0.15) is 42.5 Å². The summed E-state index contributed by atoms with van der Waals surface area (Å²) in [7, 11) is 1.40. The van der Waals surface area contributed by atoms with Gasteiger partial charge in [0.2, 0.25) is 6.10 Å². The van der Waals surface area contributed by atoms with Crippen LogP contribution in [-0.4, -0.2) is 60.7 Å². The smallest absolute Gasteiger partial charge is 0.507 e. The molecule has 0 radical (unpaired) electrons. The van der Waals surface area contributed by atoms with E-state index in [0.29, 0.717) is 11.1 Å². The first-order valence-corrected chi connectivity index (χ1v) is 14.9. The van der Waals surface area contributed by atoms with Crippen molar-refractivity contribution in [1.29, 1.82) is 0 Å². The number of hydrogen-bond donors (Lipinski definition) is 1. The monoisotopic (exact) mass is 646 g/mol. The van der Waals surface area contributed by atoms with Gasteiger partial charge in [0.25, 0.3) is 0 Å². The van der Waals surface area contributed by atoms with E-state index in [2.05, 4.69) is 0 Å². The highest BCUT2D eigenvalue weighted by atomic mass is 16.8. The summed E-state index contributed by atoms with van der Waals surface area (Å²) < 4.78 is 38.4. The number of carbonyl (C=O) groups excluding carboxylic acids is 4. The molecule has 0 saturated carbocycles. The normalized spacial score (nSPS) is 23.1. The molecule has 1 N–H and O–H groups in total. The molecule has 0 aliphatic carbocycles. The van der Waals surface area contributed by atoms with Crippen molar-refractivity contribution < 1.29 is 57.4 Å². The lowest BCUT2D eigenvalue weighted by Gasteiger charge is -2.24. The number of aromatic hydroxyl groups is 1. The Morgan fingerprint density at radius 3 is 2.13 bits per heavy atom. The van der Waals surface area contributed by atoms with Crippen molar-refractivity contribution >= 4 is 24.1 Å². The molecule has 0 bridgehead atoms. The fourth-order valence-electron chi connectivity index (χ4n) is 5.05. The summed E-state index contributed by atoms with van der Waals surface area (Å²) in [5.74, 6) is -1.62. The molecule has 1 saturated heterocycles. The van der Waals surface area contributed by atoms with Gasteiger partial charge in [0, 0.05) is 24.5 Å². The highest BCUT2D eigenvalue weighted by molar-refractivity contribution is 5.96. The topological polar surface area (TPSA) is 156 Å². The Kier molecular flexibility index (Phi) is 10.7. The van der Waals surface area contributed by atoms with E-state index in [-0.39, 0.29) is 48.7 Å². The van der Waals surface area contributed by atoms with Gasteiger partial charge in [0.05, 0.1) is 13.2 Å². The Morgan fingerprint density at radius 1 is 0.894 bits per heavy atom. The van der Waals surface area contributed by atoms with Crippen LogP contribution in [0.15, 0.2) is 84.9 Å². The van der Waals surface area contributed by atoms with Gasteiger partial charge in [-0.1, -0.05) is 66.7 Å². The number of carbonyl (C=O) groups is 4. The fourth-order valence-corrected chi connectivity index (χ4v) is 5.05. The second-order valence-corrected chi connectivity index (χ2v) is 10.9. The average Bonchev–Trinajstić information content (AvgIpc) is 3.84. The number of fused-ring (bicyclic) bond motifs is 3. The number of esters is 1. The number of rotatable bonds is 7. The Hall–Kier alpha value is -5.36. The highest BCUT2D eigenvalue weighted by Crippen LogP contribution is 2.47. The van der Waals surface area contributed by atoms with Crippen LogP contribution in [0.1, 0.15) is 52.9 Å². The Bertz CT molecular complexity index is 1600. The zero-order valence-electron chi connectivity index (χ0n) is 25.7. The molecule has 0 spiro atoms. The maximum atomic E-state index is 13.5. The third-order valence-electron chi connectivity index (χ3n) is 7.46. The molecule has 47 heavy (non-hydrogen) atoms. The highest BCUT2D eigenvalue weighted by Gasteiger charge is 2.48. The van der Waals surface area contributed by atoms with Gasteiger partial charge in [-0.05, 0) is 30.2 Å². The molecular formula is C35H34O12. The third-order valence-corrected chi connectivity index (χ3v) is 7.46. The number of epoxide rings is 1. The van der Waals surface area contributed by atoms with Crippen molar-refractivity contribution in [3.05, 3.63) is 107 Å². The first-order valence-electron chi connectivity index (χ1n) is 14.9. The summed E-state index contributed by atoms with van der Waals surface area (Å²) in [6, 6.07) is 20.6. The van der Waals surface area contributed by atoms with Gasteiger partial charge in [-0.25, -0.2) is 14.4 Å². The number of methoxy groups -OCH3 is 1. The number of benzene rings is 3. The maximum Gasteiger partial charge on any atom is 0.509 e. The molecule has 0 aromatic heterocycles. The average molecular weight is 647 g/mol. The number of hydrogen-bond acceptors (Lipinski definition) is 12. The summed E-state index contributed by atoms with van der Waals surface area (Å²) in [6.45, 7) is 1.37. The minimum Gasteiger partial charge on any atom is -0.507 e. The molecule has 3 aromatic rings. The molecule has 2 heterocycles. The first kappa shape index (κ1) is 33.0. The molecule has 12 nitrogen and oxygen atoms in total. The van der Waals surface area contributed by atoms with E-state index >= 15 is 0 Å². The Balaban J connectivity index is 1.43. The van der Waals surface area contributed by atoms with Gasteiger partial charge < -0.3 is 38.3 Å². The van der Waals surface area contributed by atoms with Crippen LogP contribution in [0.5, 0.6) is 11.5 Å². The van der Waals surface area contributed by atoms with Crippen LogP contribution in [0, 0.1) is 0 Å². The molecule has 246 valence electrons. The largest absolute Gasteiger partial charge is 0.509 e. The van der Waals surface area contributed by atoms with Gasteiger partial charge in [0.15, 0.2) is 11.9 Å². The second-order valence-electron chi connectivity index (χ2n) is 10.9. The number of phenols is 1.